The lowest BCUT2D eigenvalue weighted by Crippen LogP contribution is -2.29. The van der Waals surface area contributed by atoms with E-state index in [4.69, 9.17) is 11.6 Å². The molecule has 0 aliphatic rings. The maximum Gasteiger partial charge on any atom is 0.254 e. The molecule has 1 aromatic heterocycles. The molecule has 0 aliphatic heterocycles. The average molecular weight is 476 g/mol. The lowest BCUT2D eigenvalue weighted by molar-refractivity contribution is -0.113. The Balaban J connectivity index is 1.64. The summed E-state index contributed by atoms with van der Waals surface area (Å²) in [5, 5.41) is 15.1. The van der Waals surface area contributed by atoms with Gasteiger partial charge in [0.2, 0.25) is 5.91 Å². The van der Waals surface area contributed by atoms with Gasteiger partial charge in [-0.05, 0) is 56.7 Å². The lowest BCUT2D eigenvalue weighted by Gasteiger charge is -2.15. The highest BCUT2D eigenvalue weighted by Crippen LogP contribution is 2.23. The Kier molecular flexibility index (Phi) is 7.87. The number of rotatable bonds is 8. The zero-order chi connectivity index (χ0) is 23.3. The second-order valence-electron chi connectivity index (χ2n) is 7.06. The highest BCUT2D eigenvalue weighted by atomic mass is 35.5. The van der Waals surface area contributed by atoms with Gasteiger partial charge in [0.05, 0.1) is 17.4 Å². The van der Waals surface area contributed by atoms with Gasteiger partial charge < -0.3 is 15.2 Å². The van der Waals surface area contributed by atoms with Crippen LogP contribution in [0, 0.1) is 12.7 Å². The largest absolute Gasteiger partial charge is 0.342 e. The monoisotopic (exact) mass is 475 g/mol. The third kappa shape index (κ3) is 5.66. The van der Waals surface area contributed by atoms with E-state index in [1.807, 2.05) is 18.4 Å². The molecular weight excluding hydrogens is 453 g/mol. The molecule has 2 N–H and O–H groups in total. The molecule has 3 aromatic rings. The minimum atomic E-state index is -0.590. The van der Waals surface area contributed by atoms with Gasteiger partial charge >= 0.3 is 0 Å². The van der Waals surface area contributed by atoms with Crippen molar-refractivity contribution < 1.29 is 14.0 Å². The predicted molar refractivity (Wildman–Crippen MR) is 124 cm³/mol. The SMILES string of the molecule is CCn1c(SCC(=O)Nc2ccc(Cl)cc2C)nnc1[C@H](C)NC(=O)c1ccccc1F. The van der Waals surface area contributed by atoms with Gasteiger partial charge in [-0.2, -0.15) is 0 Å². The maximum atomic E-state index is 13.9. The van der Waals surface area contributed by atoms with E-state index in [0.717, 1.165) is 5.56 Å². The Morgan fingerprint density at radius 1 is 1.22 bits per heavy atom. The first-order valence-electron chi connectivity index (χ1n) is 9.97. The molecule has 0 saturated heterocycles. The van der Waals surface area contributed by atoms with Gasteiger partial charge in [-0.15, -0.1) is 10.2 Å². The minimum absolute atomic E-state index is 0.0364. The van der Waals surface area contributed by atoms with Crippen molar-refractivity contribution >= 4 is 40.9 Å². The normalized spacial score (nSPS) is 11.8. The number of benzene rings is 2. The zero-order valence-corrected chi connectivity index (χ0v) is 19.4. The van der Waals surface area contributed by atoms with E-state index in [-0.39, 0.29) is 17.2 Å². The van der Waals surface area contributed by atoms with Gasteiger partial charge in [0.15, 0.2) is 11.0 Å². The van der Waals surface area contributed by atoms with Gasteiger partial charge in [0, 0.05) is 17.3 Å². The Bertz CT molecular complexity index is 1140. The van der Waals surface area contributed by atoms with Crippen LogP contribution in [-0.4, -0.2) is 32.3 Å². The molecule has 3 rings (SSSR count). The second-order valence-corrected chi connectivity index (χ2v) is 8.44. The molecule has 32 heavy (non-hydrogen) atoms. The van der Waals surface area contributed by atoms with Crippen molar-refractivity contribution in [1.29, 1.82) is 0 Å². The topological polar surface area (TPSA) is 88.9 Å². The number of aryl methyl sites for hydroxylation is 1. The molecule has 7 nitrogen and oxygen atoms in total. The molecule has 0 bridgehead atoms. The summed E-state index contributed by atoms with van der Waals surface area (Å²) in [7, 11) is 0. The fourth-order valence-corrected chi connectivity index (χ4v) is 4.13. The Labute approximate surface area is 194 Å². The number of nitrogens with one attached hydrogen (secondary N) is 2. The van der Waals surface area contributed by atoms with Crippen LogP contribution in [0.5, 0.6) is 0 Å². The van der Waals surface area contributed by atoms with Gasteiger partial charge in [-0.25, -0.2) is 4.39 Å². The molecule has 1 heterocycles. The summed E-state index contributed by atoms with van der Waals surface area (Å²) >= 11 is 7.19. The van der Waals surface area contributed by atoms with Crippen LogP contribution < -0.4 is 10.6 Å². The van der Waals surface area contributed by atoms with Crippen molar-refractivity contribution in [2.24, 2.45) is 0 Å². The van der Waals surface area contributed by atoms with Crippen LogP contribution in [0.15, 0.2) is 47.6 Å². The molecular formula is C22H23ClFN5O2S. The molecule has 2 aromatic carbocycles. The first kappa shape index (κ1) is 23.7. The highest BCUT2D eigenvalue weighted by Gasteiger charge is 2.21. The Morgan fingerprint density at radius 3 is 2.66 bits per heavy atom. The number of amides is 2. The summed E-state index contributed by atoms with van der Waals surface area (Å²) in [5.41, 5.74) is 1.53. The van der Waals surface area contributed by atoms with E-state index in [1.165, 1.54) is 30.0 Å². The van der Waals surface area contributed by atoms with E-state index in [9.17, 15) is 14.0 Å². The van der Waals surface area contributed by atoms with Gasteiger partial charge in [0.1, 0.15) is 5.82 Å². The third-order valence-corrected chi connectivity index (χ3v) is 5.91. The van der Waals surface area contributed by atoms with E-state index in [1.54, 1.807) is 31.2 Å². The number of aromatic nitrogens is 3. The molecule has 0 aliphatic carbocycles. The predicted octanol–water partition coefficient (Wildman–Crippen LogP) is 4.62. The first-order chi connectivity index (χ1) is 15.3. The zero-order valence-electron chi connectivity index (χ0n) is 17.9. The molecule has 2 amide bonds. The number of anilines is 1. The average Bonchev–Trinajstić information content (AvgIpc) is 3.17. The minimum Gasteiger partial charge on any atom is -0.342 e. The summed E-state index contributed by atoms with van der Waals surface area (Å²) in [6.45, 7) is 6.08. The Hall–Kier alpha value is -2.91. The van der Waals surface area contributed by atoms with Crippen molar-refractivity contribution in [1.82, 2.24) is 20.1 Å². The number of nitrogens with zero attached hydrogens (tertiary/aromatic N) is 3. The van der Waals surface area contributed by atoms with E-state index >= 15 is 0 Å². The Morgan fingerprint density at radius 2 is 1.97 bits per heavy atom. The number of hydrogen-bond acceptors (Lipinski definition) is 5. The highest BCUT2D eigenvalue weighted by molar-refractivity contribution is 7.99. The van der Waals surface area contributed by atoms with Crippen molar-refractivity contribution in [3.05, 3.63) is 70.3 Å². The fraction of sp³-hybridized carbons (Fsp3) is 0.273. The van der Waals surface area contributed by atoms with Crippen LogP contribution in [0.25, 0.3) is 0 Å². The summed E-state index contributed by atoms with van der Waals surface area (Å²) in [4.78, 5) is 24.8. The molecule has 10 heteroatoms. The molecule has 168 valence electrons. The maximum absolute atomic E-state index is 13.9. The molecule has 0 radical (unpaired) electrons. The molecule has 0 fully saturated rings. The molecule has 0 saturated carbocycles. The van der Waals surface area contributed by atoms with E-state index < -0.39 is 17.8 Å². The molecule has 0 spiro atoms. The third-order valence-electron chi connectivity index (χ3n) is 4.71. The second kappa shape index (κ2) is 10.6. The van der Waals surface area contributed by atoms with Gasteiger partial charge in [0.25, 0.3) is 5.91 Å². The first-order valence-corrected chi connectivity index (χ1v) is 11.3. The van der Waals surface area contributed by atoms with Gasteiger partial charge in [-0.3, -0.25) is 9.59 Å². The summed E-state index contributed by atoms with van der Waals surface area (Å²) in [6, 6.07) is 10.5. The number of carbonyl (C=O) groups excluding carboxylic acids is 2. The number of carbonyl (C=O) groups is 2. The van der Waals surface area contributed by atoms with Crippen molar-refractivity contribution in [3.63, 3.8) is 0 Å². The molecule has 0 unspecified atom stereocenters. The van der Waals surface area contributed by atoms with Crippen LogP contribution in [-0.2, 0) is 11.3 Å². The van der Waals surface area contributed by atoms with Crippen LogP contribution >= 0.6 is 23.4 Å². The van der Waals surface area contributed by atoms with Gasteiger partial charge in [-0.1, -0.05) is 35.5 Å². The summed E-state index contributed by atoms with van der Waals surface area (Å²) < 4.78 is 15.7. The number of halogens is 2. The van der Waals surface area contributed by atoms with Crippen molar-refractivity contribution in [2.75, 3.05) is 11.1 Å². The van der Waals surface area contributed by atoms with Crippen LogP contribution in [0.4, 0.5) is 10.1 Å². The quantitative estimate of drug-likeness (QED) is 0.464. The number of thioether (sulfide) groups is 1. The fourth-order valence-electron chi connectivity index (χ4n) is 3.09. The lowest BCUT2D eigenvalue weighted by atomic mass is 10.2. The number of hydrogen-bond donors (Lipinski definition) is 2. The summed E-state index contributed by atoms with van der Waals surface area (Å²) in [6.07, 6.45) is 0. The summed E-state index contributed by atoms with van der Waals surface area (Å²) in [5.74, 6) is -0.654. The van der Waals surface area contributed by atoms with Crippen LogP contribution in [0.1, 0.15) is 41.6 Å². The molecule has 1 atom stereocenters. The van der Waals surface area contributed by atoms with Crippen LogP contribution in [0.3, 0.4) is 0 Å². The van der Waals surface area contributed by atoms with Crippen molar-refractivity contribution in [3.8, 4) is 0 Å². The smallest absolute Gasteiger partial charge is 0.254 e. The van der Waals surface area contributed by atoms with Crippen LogP contribution in [0.2, 0.25) is 5.02 Å². The standard InChI is InChI=1S/C22H23ClFN5O2S/c1-4-29-20(14(3)25-21(31)16-7-5-6-8-17(16)24)27-28-22(29)32-12-19(30)26-18-10-9-15(23)11-13(18)2/h5-11,14H,4,12H2,1-3H3,(H,25,31)(H,26,30)/t14-/m0/s1. The van der Waals surface area contributed by atoms with E-state index in [2.05, 4.69) is 20.8 Å². The van der Waals surface area contributed by atoms with Crippen molar-refractivity contribution in [2.45, 2.75) is 38.5 Å². The van der Waals surface area contributed by atoms with E-state index in [0.29, 0.717) is 28.2 Å².